The Labute approximate surface area is 125 Å². The number of fused-ring (bicyclic) bond motifs is 1. The number of sulfonamides is 1. The first-order valence-electron chi connectivity index (χ1n) is 6.51. The zero-order valence-corrected chi connectivity index (χ0v) is 12.2. The van der Waals surface area contributed by atoms with Gasteiger partial charge < -0.3 is 5.32 Å². The van der Waals surface area contributed by atoms with Gasteiger partial charge >= 0.3 is 0 Å². The van der Waals surface area contributed by atoms with Crippen LogP contribution in [0.1, 0.15) is 11.3 Å². The quantitative estimate of drug-likeness (QED) is 0.562. The van der Waals surface area contributed by atoms with Crippen molar-refractivity contribution in [2.75, 3.05) is 11.3 Å². The molecule has 1 aromatic heterocycles. The number of anilines is 1. The van der Waals surface area contributed by atoms with Crippen LogP contribution in [0.2, 0.25) is 0 Å². The minimum atomic E-state index is -3.83. The molecule has 0 unspecified atom stereocenters. The predicted octanol–water partition coefficient (Wildman–Crippen LogP) is 0.764. The fraction of sp³-hybridized carbons (Fsp3) is 0.250. The number of hydrogen-bond acceptors (Lipinski definition) is 6. The van der Waals surface area contributed by atoms with Crippen molar-refractivity contribution in [1.29, 1.82) is 0 Å². The molecule has 0 atom stereocenters. The fourth-order valence-electron chi connectivity index (χ4n) is 2.26. The van der Waals surface area contributed by atoms with Crippen molar-refractivity contribution in [3.8, 4) is 0 Å². The maximum atomic E-state index is 12.3. The van der Waals surface area contributed by atoms with Crippen LogP contribution in [0.5, 0.6) is 0 Å². The van der Waals surface area contributed by atoms with Gasteiger partial charge in [-0.2, -0.15) is 5.10 Å². The van der Waals surface area contributed by atoms with Crippen molar-refractivity contribution in [1.82, 2.24) is 15.5 Å². The van der Waals surface area contributed by atoms with E-state index in [2.05, 4.69) is 20.2 Å². The minimum Gasteiger partial charge on any atom is -0.311 e. The maximum Gasteiger partial charge on any atom is 0.269 e. The van der Waals surface area contributed by atoms with Crippen LogP contribution in [0.3, 0.4) is 0 Å². The third kappa shape index (κ3) is 2.65. The highest BCUT2D eigenvalue weighted by Gasteiger charge is 2.22. The topological polar surface area (TPSA) is 130 Å². The molecule has 0 amide bonds. The molecule has 1 aromatic carbocycles. The van der Waals surface area contributed by atoms with Gasteiger partial charge in [-0.15, -0.1) is 0 Å². The van der Waals surface area contributed by atoms with E-state index >= 15 is 0 Å². The van der Waals surface area contributed by atoms with Gasteiger partial charge in [0, 0.05) is 24.2 Å². The molecular weight excluding hydrogens is 310 g/mol. The average molecular weight is 323 g/mol. The van der Waals surface area contributed by atoms with Crippen LogP contribution in [0.15, 0.2) is 29.2 Å². The SMILES string of the molecule is O=[N+]([O-])c1ccc(S(=O)(=O)Nc2n[nH]c3c2CCNC3)cc1. The second-order valence-corrected chi connectivity index (χ2v) is 6.50. The summed E-state index contributed by atoms with van der Waals surface area (Å²) in [5.41, 5.74) is 1.53. The Morgan fingerprint density at radius 3 is 2.68 bits per heavy atom. The highest BCUT2D eigenvalue weighted by atomic mass is 32.2. The van der Waals surface area contributed by atoms with Gasteiger partial charge in [-0.25, -0.2) is 8.42 Å². The van der Waals surface area contributed by atoms with E-state index in [0.717, 1.165) is 29.9 Å². The van der Waals surface area contributed by atoms with E-state index < -0.39 is 14.9 Å². The lowest BCUT2D eigenvalue weighted by atomic mass is 10.1. The fourth-order valence-corrected chi connectivity index (χ4v) is 3.30. The molecule has 0 fully saturated rings. The molecule has 1 aliphatic rings. The van der Waals surface area contributed by atoms with Crippen LogP contribution < -0.4 is 10.0 Å². The summed E-state index contributed by atoms with van der Waals surface area (Å²) in [6.07, 6.45) is 0.671. The molecule has 0 bridgehead atoms. The van der Waals surface area contributed by atoms with Gasteiger partial charge in [0.25, 0.3) is 15.7 Å². The second-order valence-electron chi connectivity index (χ2n) is 4.81. The first-order chi connectivity index (χ1) is 10.5. The summed E-state index contributed by atoms with van der Waals surface area (Å²) >= 11 is 0. The zero-order valence-electron chi connectivity index (χ0n) is 11.4. The summed E-state index contributed by atoms with van der Waals surface area (Å²) in [7, 11) is -3.83. The number of nitrogens with one attached hydrogen (secondary N) is 3. The summed E-state index contributed by atoms with van der Waals surface area (Å²) in [5.74, 6) is 0.273. The molecule has 9 nitrogen and oxygen atoms in total. The Kier molecular flexibility index (Phi) is 3.54. The number of aromatic nitrogens is 2. The zero-order chi connectivity index (χ0) is 15.7. The van der Waals surface area contributed by atoms with Crippen LogP contribution >= 0.6 is 0 Å². The van der Waals surface area contributed by atoms with E-state index in [4.69, 9.17) is 0 Å². The summed E-state index contributed by atoms with van der Waals surface area (Å²) in [4.78, 5) is 9.96. The molecule has 3 rings (SSSR count). The van der Waals surface area contributed by atoms with E-state index in [1.807, 2.05) is 0 Å². The third-order valence-corrected chi connectivity index (χ3v) is 4.75. The molecule has 22 heavy (non-hydrogen) atoms. The van der Waals surface area contributed by atoms with Crippen LogP contribution in [-0.2, 0) is 23.0 Å². The highest BCUT2D eigenvalue weighted by Crippen LogP contribution is 2.23. The third-order valence-electron chi connectivity index (χ3n) is 3.40. The Morgan fingerprint density at radius 1 is 1.27 bits per heavy atom. The Balaban J connectivity index is 1.87. The molecule has 0 spiro atoms. The van der Waals surface area contributed by atoms with Crippen molar-refractivity contribution in [3.63, 3.8) is 0 Å². The molecule has 0 saturated carbocycles. The summed E-state index contributed by atoms with van der Waals surface area (Å²) in [6, 6.07) is 4.69. The molecule has 1 aliphatic heterocycles. The number of H-pyrrole nitrogens is 1. The number of non-ortho nitro benzene ring substituents is 1. The lowest BCUT2D eigenvalue weighted by Gasteiger charge is -2.13. The maximum absolute atomic E-state index is 12.3. The largest absolute Gasteiger partial charge is 0.311 e. The highest BCUT2D eigenvalue weighted by molar-refractivity contribution is 7.92. The standard InChI is InChI=1S/C12H13N5O4S/c18-17(19)8-1-3-9(4-2-8)22(20,21)16-12-10-5-6-13-7-11(10)14-15-12/h1-4,13H,5-7H2,(H2,14,15,16). The molecule has 116 valence electrons. The van der Waals surface area contributed by atoms with Crippen LogP contribution in [0.25, 0.3) is 0 Å². The van der Waals surface area contributed by atoms with Crippen LogP contribution in [-0.4, -0.2) is 30.1 Å². The Hall–Kier alpha value is -2.46. The average Bonchev–Trinajstić information content (AvgIpc) is 2.90. The molecule has 3 N–H and O–H groups in total. The normalized spacial score (nSPS) is 14.4. The minimum absolute atomic E-state index is 0.0521. The molecule has 0 aliphatic carbocycles. The number of benzene rings is 1. The monoisotopic (exact) mass is 323 g/mol. The number of nitro groups is 1. The lowest BCUT2D eigenvalue weighted by molar-refractivity contribution is -0.384. The van der Waals surface area contributed by atoms with Crippen LogP contribution in [0, 0.1) is 10.1 Å². The second kappa shape index (κ2) is 5.39. The van der Waals surface area contributed by atoms with Crippen molar-refractivity contribution >= 4 is 21.5 Å². The van der Waals surface area contributed by atoms with E-state index in [9.17, 15) is 18.5 Å². The Morgan fingerprint density at radius 2 is 2.00 bits per heavy atom. The summed E-state index contributed by atoms with van der Waals surface area (Å²) < 4.78 is 27.1. The van der Waals surface area contributed by atoms with Crippen molar-refractivity contribution in [2.24, 2.45) is 0 Å². The van der Waals surface area contributed by atoms with E-state index in [1.165, 1.54) is 12.1 Å². The molecule has 2 aromatic rings. The van der Waals surface area contributed by atoms with Crippen molar-refractivity contribution < 1.29 is 13.3 Å². The van der Waals surface area contributed by atoms with Gasteiger partial charge in [0.15, 0.2) is 5.82 Å². The summed E-state index contributed by atoms with van der Waals surface area (Å²) in [5, 5.41) is 20.5. The number of hydrogen-bond donors (Lipinski definition) is 3. The number of aromatic amines is 1. The van der Waals surface area contributed by atoms with Crippen molar-refractivity contribution in [2.45, 2.75) is 17.9 Å². The van der Waals surface area contributed by atoms with E-state index in [0.29, 0.717) is 13.0 Å². The molecule has 2 heterocycles. The number of nitro benzene ring substituents is 1. The van der Waals surface area contributed by atoms with Gasteiger partial charge in [0.05, 0.1) is 15.5 Å². The van der Waals surface area contributed by atoms with Crippen LogP contribution in [0.4, 0.5) is 11.5 Å². The first kappa shape index (κ1) is 14.5. The van der Waals surface area contributed by atoms with Crippen molar-refractivity contribution in [3.05, 3.63) is 45.6 Å². The van der Waals surface area contributed by atoms with Gasteiger partial charge in [-0.3, -0.25) is 19.9 Å². The smallest absolute Gasteiger partial charge is 0.269 e. The van der Waals surface area contributed by atoms with E-state index in [1.54, 1.807) is 0 Å². The predicted molar refractivity (Wildman–Crippen MR) is 77.9 cm³/mol. The van der Waals surface area contributed by atoms with Gasteiger partial charge in [0.1, 0.15) is 0 Å². The van der Waals surface area contributed by atoms with E-state index in [-0.39, 0.29) is 16.4 Å². The molecule has 10 heteroatoms. The molecular formula is C12H13N5O4S. The molecule has 0 saturated heterocycles. The van der Waals surface area contributed by atoms with Gasteiger partial charge in [-0.1, -0.05) is 0 Å². The lowest BCUT2D eigenvalue weighted by Crippen LogP contribution is -2.24. The first-order valence-corrected chi connectivity index (χ1v) is 8.00. The number of rotatable bonds is 4. The Bertz CT molecular complexity index is 813. The number of nitrogens with zero attached hydrogens (tertiary/aromatic N) is 2. The summed E-state index contributed by atoms with van der Waals surface area (Å²) in [6.45, 7) is 1.36. The van der Waals surface area contributed by atoms with Gasteiger partial charge in [0.2, 0.25) is 0 Å². The molecule has 0 radical (unpaired) electrons. The van der Waals surface area contributed by atoms with Gasteiger partial charge in [-0.05, 0) is 25.1 Å².